The molecule has 7 heteroatoms. The highest BCUT2D eigenvalue weighted by molar-refractivity contribution is 5.87. The molecular formula is C23H18N2O5. The largest absolute Gasteiger partial charge is 0.481 e. The second-order valence-electron chi connectivity index (χ2n) is 6.87. The first-order valence-electron chi connectivity index (χ1n) is 9.31. The lowest BCUT2D eigenvalue weighted by Gasteiger charge is -2.16. The lowest BCUT2D eigenvalue weighted by Crippen LogP contribution is -2.08. The predicted molar refractivity (Wildman–Crippen MR) is 112 cm³/mol. The molecule has 0 amide bonds. The van der Waals surface area contributed by atoms with Crippen LogP contribution in [0.25, 0.3) is 10.9 Å². The van der Waals surface area contributed by atoms with Crippen molar-refractivity contribution in [1.29, 1.82) is 0 Å². The van der Waals surface area contributed by atoms with Crippen molar-refractivity contribution in [2.45, 2.75) is 12.3 Å². The monoisotopic (exact) mass is 402 g/mol. The van der Waals surface area contributed by atoms with Gasteiger partial charge in [0.1, 0.15) is 11.5 Å². The second kappa shape index (κ2) is 8.08. The third-order valence-corrected chi connectivity index (χ3v) is 4.90. The molecule has 0 radical (unpaired) electrons. The molecule has 0 saturated carbocycles. The molecule has 3 aromatic carbocycles. The Morgan fingerprint density at radius 3 is 2.53 bits per heavy atom. The standard InChI is InChI=1S/C23H18N2O5/c26-23(27)13-19(21-14-24-22-10-9-16(25(28)29)12-20(21)22)15-5-4-8-18(11-15)30-17-6-2-1-3-7-17/h1-12,14,19,24H,13H2,(H,26,27)/t19-/m0/s1. The Labute approximate surface area is 171 Å². The van der Waals surface area contributed by atoms with Gasteiger partial charge < -0.3 is 14.8 Å². The molecule has 150 valence electrons. The number of fused-ring (bicyclic) bond motifs is 1. The number of hydrogen-bond donors (Lipinski definition) is 2. The van der Waals surface area contributed by atoms with Crippen LogP contribution in [0, 0.1) is 10.1 Å². The van der Waals surface area contributed by atoms with E-state index in [0.29, 0.717) is 28.0 Å². The lowest BCUT2D eigenvalue weighted by molar-refractivity contribution is -0.384. The van der Waals surface area contributed by atoms with Gasteiger partial charge in [0.15, 0.2) is 0 Å². The van der Waals surface area contributed by atoms with Crippen molar-refractivity contribution in [1.82, 2.24) is 4.98 Å². The number of non-ortho nitro benzene ring substituents is 1. The molecule has 0 aliphatic rings. The number of H-pyrrole nitrogens is 1. The van der Waals surface area contributed by atoms with E-state index >= 15 is 0 Å². The van der Waals surface area contributed by atoms with E-state index in [2.05, 4.69) is 4.98 Å². The number of nitro groups is 1. The summed E-state index contributed by atoms with van der Waals surface area (Å²) < 4.78 is 5.89. The molecule has 0 saturated heterocycles. The molecule has 0 aliphatic heterocycles. The summed E-state index contributed by atoms with van der Waals surface area (Å²) >= 11 is 0. The molecule has 0 spiro atoms. The van der Waals surface area contributed by atoms with Crippen molar-refractivity contribution in [2.75, 3.05) is 0 Å². The summed E-state index contributed by atoms with van der Waals surface area (Å²) in [5.74, 6) is -0.209. The maximum absolute atomic E-state index is 11.6. The number of carboxylic acids is 1. The van der Waals surface area contributed by atoms with E-state index < -0.39 is 16.8 Å². The molecule has 0 unspecified atom stereocenters. The molecule has 1 heterocycles. The average Bonchev–Trinajstić information content (AvgIpc) is 3.16. The molecule has 0 bridgehead atoms. The Balaban J connectivity index is 1.76. The summed E-state index contributed by atoms with van der Waals surface area (Å²) in [5.41, 5.74) is 2.10. The highest BCUT2D eigenvalue weighted by Crippen LogP contribution is 2.36. The highest BCUT2D eigenvalue weighted by atomic mass is 16.6. The van der Waals surface area contributed by atoms with Crippen LogP contribution in [0.4, 0.5) is 5.69 Å². The SMILES string of the molecule is O=C(O)C[C@@H](c1cccc(Oc2ccccc2)c1)c1c[nH]c2ccc([N+](=O)[O-])cc12. The van der Waals surface area contributed by atoms with Gasteiger partial charge in [-0.1, -0.05) is 30.3 Å². The van der Waals surface area contributed by atoms with E-state index in [0.717, 1.165) is 5.56 Å². The summed E-state index contributed by atoms with van der Waals surface area (Å²) in [5, 5.41) is 21.3. The smallest absolute Gasteiger partial charge is 0.304 e. The van der Waals surface area contributed by atoms with E-state index in [1.165, 1.54) is 12.1 Å². The molecule has 2 N–H and O–H groups in total. The van der Waals surface area contributed by atoms with Gasteiger partial charge in [-0.15, -0.1) is 0 Å². The van der Waals surface area contributed by atoms with Crippen molar-refractivity contribution in [2.24, 2.45) is 0 Å². The van der Waals surface area contributed by atoms with Gasteiger partial charge in [0.2, 0.25) is 0 Å². The van der Waals surface area contributed by atoms with Gasteiger partial charge >= 0.3 is 5.97 Å². The lowest BCUT2D eigenvalue weighted by atomic mass is 9.88. The van der Waals surface area contributed by atoms with Crippen LogP contribution in [0.5, 0.6) is 11.5 Å². The molecule has 4 aromatic rings. The van der Waals surface area contributed by atoms with Gasteiger partial charge in [0.25, 0.3) is 5.69 Å². The minimum Gasteiger partial charge on any atom is -0.481 e. The zero-order valence-corrected chi connectivity index (χ0v) is 15.8. The second-order valence-corrected chi connectivity index (χ2v) is 6.87. The summed E-state index contributed by atoms with van der Waals surface area (Å²) in [7, 11) is 0. The number of hydrogen-bond acceptors (Lipinski definition) is 4. The molecular weight excluding hydrogens is 384 g/mol. The van der Waals surface area contributed by atoms with Crippen LogP contribution < -0.4 is 4.74 Å². The van der Waals surface area contributed by atoms with Gasteiger partial charge in [0, 0.05) is 35.2 Å². The Morgan fingerprint density at radius 2 is 1.80 bits per heavy atom. The number of benzene rings is 3. The third kappa shape index (κ3) is 4.00. The van der Waals surface area contributed by atoms with Crippen LogP contribution in [-0.4, -0.2) is 21.0 Å². The number of aromatic amines is 1. The molecule has 30 heavy (non-hydrogen) atoms. The number of nitro benzene ring substituents is 1. The number of carbonyl (C=O) groups is 1. The Kier molecular flexibility index (Phi) is 5.17. The Bertz CT molecular complexity index is 1220. The van der Waals surface area contributed by atoms with Crippen LogP contribution in [-0.2, 0) is 4.79 Å². The zero-order valence-electron chi connectivity index (χ0n) is 15.8. The van der Waals surface area contributed by atoms with E-state index in [4.69, 9.17) is 4.74 Å². The molecule has 1 aromatic heterocycles. The summed E-state index contributed by atoms with van der Waals surface area (Å²) in [6, 6.07) is 21.1. The molecule has 0 aliphatic carbocycles. The molecule has 4 rings (SSSR count). The topological polar surface area (TPSA) is 105 Å². The summed E-state index contributed by atoms with van der Waals surface area (Å²) in [6.07, 6.45) is 1.55. The first kappa shape index (κ1) is 19.2. The summed E-state index contributed by atoms with van der Waals surface area (Å²) in [6.45, 7) is 0. The molecule has 1 atom stereocenters. The van der Waals surface area contributed by atoms with Crippen LogP contribution >= 0.6 is 0 Å². The van der Waals surface area contributed by atoms with Gasteiger partial charge in [-0.05, 0) is 41.5 Å². The van der Waals surface area contributed by atoms with Crippen molar-refractivity contribution in [3.63, 3.8) is 0 Å². The summed E-state index contributed by atoms with van der Waals surface area (Å²) in [4.78, 5) is 25.4. The van der Waals surface area contributed by atoms with Crippen molar-refractivity contribution < 1.29 is 19.6 Å². The van der Waals surface area contributed by atoms with E-state index in [1.807, 2.05) is 36.4 Å². The fraction of sp³-hybridized carbons (Fsp3) is 0.0870. The van der Waals surface area contributed by atoms with Gasteiger partial charge in [-0.25, -0.2) is 0 Å². The number of nitrogens with one attached hydrogen (secondary N) is 1. The highest BCUT2D eigenvalue weighted by Gasteiger charge is 2.23. The van der Waals surface area contributed by atoms with Crippen LogP contribution in [0.1, 0.15) is 23.5 Å². The third-order valence-electron chi connectivity index (χ3n) is 4.90. The van der Waals surface area contributed by atoms with Gasteiger partial charge in [-0.3, -0.25) is 14.9 Å². The van der Waals surface area contributed by atoms with Crippen molar-refractivity contribution >= 4 is 22.6 Å². The minimum absolute atomic E-state index is 0.0430. The zero-order chi connectivity index (χ0) is 21.1. The van der Waals surface area contributed by atoms with Crippen LogP contribution in [0.2, 0.25) is 0 Å². The Morgan fingerprint density at radius 1 is 1.03 bits per heavy atom. The normalized spacial score (nSPS) is 11.9. The quantitative estimate of drug-likeness (QED) is 0.315. The average molecular weight is 402 g/mol. The van der Waals surface area contributed by atoms with Gasteiger partial charge in [-0.2, -0.15) is 0 Å². The fourth-order valence-corrected chi connectivity index (χ4v) is 3.53. The first-order chi connectivity index (χ1) is 14.5. The number of para-hydroxylation sites is 1. The number of aromatic nitrogens is 1. The number of ether oxygens (including phenoxy) is 1. The fourth-order valence-electron chi connectivity index (χ4n) is 3.53. The minimum atomic E-state index is -0.964. The number of nitrogens with zero attached hydrogens (tertiary/aromatic N) is 1. The molecule has 7 nitrogen and oxygen atoms in total. The Hall–Kier alpha value is -4.13. The van der Waals surface area contributed by atoms with E-state index in [1.54, 1.807) is 30.5 Å². The van der Waals surface area contributed by atoms with Crippen molar-refractivity contribution in [3.05, 3.63) is 100 Å². The van der Waals surface area contributed by atoms with E-state index in [-0.39, 0.29) is 12.1 Å². The molecule has 0 fully saturated rings. The van der Waals surface area contributed by atoms with Crippen molar-refractivity contribution in [3.8, 4) is 11.5 Å². The maximum Gasteiger partial charge on any atom is 0.304 e. The van der Waals surface area contributed by atoms with E-state index in [9.17, 15) is 20.0 Å². The maximum atomic E-state index is 11.6. The number of rotatable bonds is 7. The predicted octanol–water partition coefficient (Wildman–Crippen LogP) is 5.48. The number of carboxylic acid groups (broad SMARTS) is 1. The van der Waals surface area contributed by atoms with Crippen LogP contribution in [0.3, 0.4) is 0 Å². The van der Waals surface area contributed by atoms with Crippen LogP contribution in [0.15, 0.2) is 79.0 Å². The first-order valence-corrected chi connectivity index (χ1v) is 9.31. The number of aliphatic carboxylic acids is 1. The van der Waals surface area contributed by atoms with Gasteiger partial charge in [0.05, 0.1) is 11.3 Å².